The highest BCUT2D eigenvalue weighted by Crippen LogP contribution is 2.22. The van der Waals surface area contributed by atoms with Crippen molar-refractivity contribution >= 4 is 43.7 Å². The van der Waals surface area contributed by atoms with Gasteiger partial charge in [-0.2, -0.15) is 0 Å². The molecule has 6 heteroatoms. The average molecular weight is 365 g/mol. The van der Waals surface area contributed by atoms with Gasteiger partial charge in [0.1, 0.15) is 5.54 Å². The van der Waals surface area contributed by atoms with Crippen molar-refractivity contribution < 1.29 is 14.7 Å². The number of carboxylic acids is 1. The Kier molecular flexibility index (Phi) is 4.32. The van der Waals surface area contributed by atoms with Crippen molar-refractivity contribution in [1.82, 2.24) is 5.32 Å². The Bertz CT molecular complexity index is 472. The number of aliphatic carboxylic acids is 1. The summed E-state index contributed by atoms with van der Waals surface area (Å²) in [6, 6.07) is 5.12. The van der Waals surface area contributed by atoms with E-state index in [0.29, 0.717) is 10.0 Å². The summed E-state index contributed by atoms with van der Waals surface area (Å²) in [4.78, 5) is 22.8. The van der Waals surface area contributed by atoms with Crippen LogP contribution in [0.2, 0.25) is 0 Å². The third kappa shape index (κ3) is 3.54. The number of halogens is 2. The van der Waals surface area contributed by atoms with Gasteiger partial charge in [0.15, 0.2) is 0 Å². The first-order valence-corrected chi connectivity index (χ1v) is 6.33. The van der Waals surface area contributed by atoms with E-state index in [0.717, 1.165) is 4.47 Å². The highest BCUT2D eigenvalue weighted by atomic mass is 79.9. The number of carbonyl (C=O) groups is 2. The molecule has 0 atom stereocenters. The molecule has 0 bridgehead atoms. The summed E-state index contributed by atoms with van der Waals surface area (Å²) < 4.78 is 1.36. The number of benzene rings is 1. The number of rotatable bonds is 3. The second-order valence-corrected chi connectivity index (χ2v) is 5.78. The molecule has 4 nitrogen and oxygen atoms in total. The second kappa shape index (κ2) is 5.18. The molecule has 2 N–H and O–H groups in total. The SMILES string of the molecule is CC(C)(NC(=O)c1cc(Br)ccc1Br)C(=O)O. The van der Waals surface area contributed by atoms with E-state index in [4.69, 9.17) is 5.11 Å². The lowest BCUT2D eigenvalue weighted by Crippen LogP contribution is -2.49. The molecular formula is C11H11Br2NO3. The maximum Gasteiger partial charge on any atom is 0.328 e. The molecule has 0 aliphatic carbocycles. The molecular weight excluding hydrogens is 354 g/mol. The van der Waals surface area contributed by atoms with Gasteiger partial charge in [-0.3, -0.25) is 4.79 Å². The van der Waals surface area contributed by atoms with Crippen LogP contribution >= 0.6 is 31.9 Å². The van der Waals surface area contributed by atoms with E-state index in [2.05, 4.69) is 37.2 Å². The summed E-state index contributed by atoms with van der Waals surface area (Å²) in [7, 11) is 0. The van der Waals surface area contributed by atoms with Gasteiger partial charge in [0.05, 0.1) is 5.56 Å². The van der Waals surface area contributed by atoms with Crippen LogP contribution < -0.4 is 5.32 Å². The van der Waals surface area contributed by atoms with Crippen LogP contribution in [-0.2, 0) is 4.79 Å². The molecule has 0 aliphatic heterocycles. The fourth-order valence-corrected chi connectivity index (χ4v) is 1.86. The van der Waals surface area contributed by atoms with Crippen molar-refractivity contribution in [2.45, 2.75) is 19.4 Å². The van der Waals surface area contributed by atoms with Crippen LogP contribution in [-0.4, -0.2) is 22.5 Å². The molecule has 0 radical (unpaired) electrons. The second-order valence-electron chi connectivity index (χ2n) is 4.01. The molecule has 0 heterocycles. The Morgan fingerprint density at radius 3 is 2.41 bits per heavy atom. The van der Waals surface area contributed by atoms with Gasteiger partial charge in [-0.05, 0) is 48.0 Å². The van der Waals surface area contributed by atoms with Crippen LogP contribution in [0.3, 0.4) is 0 Å². The summed E-state index contributed by atoms with van der Waals surface area (Å²) in [6.07, 6.45) is 0. The highest BCUT2D eigenvalue weighted by Gasteiger charge is 2.29. The van der Waals surface area contributed by atoms with Crippen molar-refractivity contribution in [3.63, 3.8) is 0 Å². The van der Waals surface area contributed by atoms with Gasteiger partial charge in [0, 0.05) is 8.95 Å². The van der Waals surface area contributed by atoms with Crippen molar-refractivity contribution in [3.8, 4) is 0 Å². The van der Waals surface area contributed by atoms with Crippen molar-refractivity contribution in [1.29, 1.82) is 0 Å². The maximum absolute atomic E-state index is 11.9. The third-order valence-corrected chi connectivity index (χ3v) is 3.32. The molecule has 17 heavy (non-hydrogen) atoms. The summed E-state index contributed by atoms with van der Waals surface area (Å²) in [6.45, 7) is 2.86. The summed E-state index contributed by atoms with van der Waals surface area (Å²) >= 11 is 6.50. The van der Waals surface area contributed by atoms with Crippen LogP contribution in [0.1, 0.15) is 24.2 Å². The van der Waals surface area contributed by atoms with Gasteiger partial charge in [-0.1, -0.05) is 15.9 Å². The van der Waals surface area contributed by atoms with E-state index in [9.17, 15) is 9.59 Å². The smallest absolute Gasteiger partial charge is 0.328 e. The van der Waals surface area contributed by atoms with E-state index in [1.807, 2.05) is 0 Å². The van der Waals surface area contributed by atoms with E-state index in [1.54, 1.807) is 18.2 Å². The van der Waals surface area contributed by atoms with Crippen molar-refractivity contribution in [2.75, 3.05) is 0 Å². The molecule has 0 saturated heterocycles. The first-order valence-electron chi connectivity index (χ1n) is 4.75. The standard InChI is InChI=1S/C11H11Br2NO3/c1-11(2,10(16)17)14-9(15)7-5-6(12)3-4-8(7)13/h3-5H,1-2H3,(H,14,15)(H,16,17). The Morgan fingerprint density at radius 1 is 1.29 bits per heavy atom. The molecule has 1 aromatic rings. The number of hydrogen-bond acceptors (Lipinski definition) is 2. The van der Waals surface area contributed by atoms with E-state index in [1.165, 1.54) is 13.8 Å². The zero-order valence-electron chi connectivity index (χ0n) is 9.25. The number of carboxylic acid groups (broad SMARTS) is 1. The molecule has 92 valence electrons. The fraction of sp³-hybridized carbons (Fsp3) is 0.273. The van der Waals surface area contributed by atoms with Crippen LogP contribution in [0.25, 0.3) is 0 Å². The summed E-state index contributed by atoms with van der Waals surface area (Å²) in [5.74, 6) is -1.53. The van der Waals surface area contributed by atoms with Gasteiger partial charge in [-0.25, -0.2) is 4.79 Å². The van der Waals surface area contributed by atoms with Gasteiger partial charge < -0.3 is 10.4 Å². The zero-order chi connectivity index (χ0) is 13.2. The Hall–Kier alpha value is -0.880. The largest absolute Gasteiger partial charge is 0.480 e. The molecule has 1 rings (SSSR count). The number of hydrogen-bond donors (Lipinski definition) is 2. The number of nitrogens with one attached hydrogen (secondary N) is 1. The topological polar surface area (TPSA) is 66.4 Å². The first kappa shape index (κ1) is 14.2. The van der Waals surface area contributed by atoms with Crippen LogP contribution in [0.5, 0.6) is 0 Å². The van der Waals surface area contributed by atoms with Gasteiger partial charge in [0.25, 0.3) is 5.91 Å². The first-order chi connectivity index (χ1) is 7.74. The van der Waals surface area contributed by atoms with Gasteiger partial charge in [0.2, 0.25) is 0 Å². The van der Waals surface area contributed by atoms with Crippen molar-refractivity contribution in [2.24, 2.45) is 0 Å². The number of carbonyl (C=O) groups excluding carboxylic acids is 1. The van der Waals surface area contributed by atoms with E-state index >= 15 is 0 Å². The Balaban J connectivity index is 2.98. The maximum atomic E-state index is 11.9. The normalized spacial score (nSPS) is 11.1. The average Bonchev–Trinajstić information content (AvgIpc) is 2.20. The summed E-state index contributed by atoms with van der Waals surface area (Å²) in [5.41, 5.74) is -0.924. The molecule has 0 fully saturated rings. The minimum absolute atomic E-state index is 0.383. The lowest BCUT2D eigenvalue weighted by Gasteiger charge is -2.21. The Labute approximate surface area is 116 Å². The lowest BCUT2D eigenvalue weighted by atomic mass is 10.1. The molecule has 0 unspecified atom stereocenters. The molecule has 0 aliphatic rings. The quantitative estimate of drug-likeness (QED) is 0.866. The van der Waals surface area contributed by atoms with Gasteiger partial charge in [-0.15, -0.1) is 0 Å². The molecule has 0 aromatic heterocycles. The van der Waals surface area contributed by atoms with E-state index < -0.39 is 17.4 Å². The predicted molar refractivity (Wildman–Crippen MR) is 71.0 cm³/mol. The van der Waals surface area contributed by atoms with Crippen LogP contribution in [0.4, 0.5) is 0 Å². The molecule has 0 saturated carbocycles. The molecule has 1 aromatic carbocycles. The number of amides is 1. The predicted octanol–water partition coefficient (Wildman–Crippen LogP) is 2.80. The zero-order valence-corrected chi connectivity index (χ0v) is 12.4. The Morgan fingerprint density at radius 2 is 1.88 bits per heavy atom. The van der Waals surface area contributed by atoms with E-state index in [-0.39, 0.29) is 0 Å². The third-order valence-electron chi connectivity index (χ3n) is 2.13. The van der Waals surface area contributed by atoms with Crippen molar-refractivity contribution in [3.05, 3.63) is 32.7 Å². The molecule has 0 spiro atoms. The minimum atomic E-state index is -1.31. The summed E-state index contributed by atoms with van der Waals surface area (Å²) in [5, 5.41) is 11.4. The van der Waals surface area contributed by atoms with Gasteiger partial charge >= 0.3 is 5.97 Å². The fourth-order valence-electron chi connectivity index (χ4n) is 1.08. The van der Waals surface area contributed by atoms with Crippen LogP contribution in [0, 0.1) is 0 Å². The lowest BCUT2D eigenvalue weighted by molar-refractivity contribution is -0.143. The highest BCUT2D eigenvalue weighted by molar-refractivity contribution is 9.11. The van der Waals surface area contributed by atoms with Crippen LogP contribution in [0.15, 0.2) is 27.1 Å². The monoisotopic (exact) mass is 363 g/mol. The molecule has 1 amide bonds. The minimum Gasteiger partial charge on any atom is -0.480 e.